The van der Waals surface area contributed by atoms with Gasteiger partial charge in [0.1, 0.15) is 5.75 Å². The molecular formula is C18H24N4O5. The monoisotopic (exact) mass is 376 g/mol. The van der Waals surface area contributed by atoms with Gasteiger partial charge in [-0.1, -0.05) is 0 Å². The maximum atomic E-state index is 12.9. The zero-order chi connectivity index (χ0) is 19.6. The van der Waals surface area contributed by atoms with E-state index in [0.717, 1.165) is 13.1 Å². The summed E-state index contributed by atoms with van der Waals surface area (Å²) in [6.07, 6.45) is 1.59. The lowest BCUT2D eigenvalue weighted by molar-refractivity contribution is -0.147. The quantitative estimate of drug-likeness (QED) is 0.746. The molecule has 146 valence electrons. The number of likely N-dealkylation sites (N-methyl/N-ethyl adjacent to an activating group) is 1. The highest BCUT2D eigenvalue weighted by Crippen LogP contribution is 2.27. The lowest BCUT2D eigenvalue weighted by Crippen LogP contribution is -2.54. The van der Waals surface area contributed by atoms with E-state index in [0.29, 0.717) is 13.1 Å². The molecule has 2 aliphatic heterocycles. The molecule has 2 amide bonds. The smallest absolute Gasteiger partial charge is 0.308 e. The summed E-state index contributed by atoms with van der Waals surface area (Å²) in [6.45, 7) is 2.86. The van der Waals surface area contributed by atoms with Crippen LogP contribution in [0.1, 0.15) is 16.9 Å². The highest BCUT2D eigenvalue weighted by molar-refractivity contribution is 5.95. The number of pyridine rings is 1. The fourth-order valence-electron chi connectivity index (χ4n) is 3.62. The molecule has 3 heterocycles. The van der Waals surface area contributed by atoms with Crippen LogP contribution >= 0.6 is 0 Å². The van der Waals surface area contributed by atoms with Crippen LogP contribution in [0, 0.1) is 11.8 Å². The molecular weight excluding hydrogens is 352 g/mol. The molecule has 9 heteroatoms. The first-order valence-electron chi connectivity index (χ1n) is 9.00. The average Bonchev–Trinajstić information content (AvgIpc) is 2.67. The minimum atomic E-state index is -1.03. The fourth-order valence-corrected chi connectivity index (χ4v) is 3.62. The number of carboxylic acids is 1. The van der Waals surface area contributed by atoms with Crippen LogP contribution < -0.4 is 0 Å². The van der Waals surface area contributed by atoms with Crippen molar-refractivity contribution in [3.63, 3.8) is 0 Å². The number of amides is 2. The van der Waals surface area contributed by atoms with Crippen molar-refractivity contribution in [2.45, 2.75) is 6.42 Å². The number of carbonyl (C=O) groups is 3. The first kappa shape index (κ1) is 19.1. The number of hydrogen-bond donors (Lipinski definition) is 2. The van der Waals surface area contributed by atoms with Crippen LogP contribution in [-0.4, -0.2) is 94.0 Å². The van der Waals surface area contributed by atoms with E-state index in [2.05, 4.69) is 9.88 Å². The number of nitrogens with zero attached hydrogens (tertiary/aromatic N) is 4. The SMILES string of the molecule is CN1CCN(C(=O)[C@H]2C[C@H](C(=O)O)CN(C(=O)c3ncccc3O)C2)CC1. The molecule has 0 saturated carbocycles. The fraction of sp³-hybridized carbons (Fsp3) is 0.556. The van der Waals surface area contributed by atoms with Crippen LogP contribution in [-0.2, 0) is 9.59 Å². The maximum Gasteiger partial charge on any atom is 0.308 e. The van der Waals surface area contributed by atoms with Crippen LogP contribution in [0.2, 0.25) is 0 Å². The van der Waals surface area contributed by atoms with Crippen molar-refractivity contribution in [2.75, 3.05) is 46.3 Å². The predicted octanol–water partition coefficient (Wildman–Crippen LogP) is -0.276. The van der Waals surface area contributed by atoms with Crippen LogP contribution in [0.3, 0.4) is 0 Å². The van der Waals surface area contributed by atoms with Crippen LogP contribution in [0.15, 0.2) is 18.3 Å². The Morgan fingerprint density at radius 1 is 1.07 bits per heavy atom. The number of likely N-dealkylation sites (tertiary alicyclic amines) is 1. The second-order valence-corrected chi connectivity index (χ2v) is 7.18. The molecule has 2 atom stereocenters. The van der Waals surface area contributed by atoms with Gasteiger partial charge < -0.3 is 24.9 Å². The third-order valence-electron chi connectivity index (χ3n) is 5.24. The molecule has 0 unspecified atom stereocenters. The van der Waals surface area contributed by atoms with Crippen LogP contribution in [0.25, 0.3) is 0 Å². The normalized spacial score (nSPS) is 23.9. The van der Waals surface area contributed by atoms with Gasteiger partial charge in [0.05, 0.1) is 11.8 Å². The Morgan fingerprint density at radius 3 is 2.37 bits per heavy atom. The number of aliphatic carboxylic acids is 1. The Morgan fingerprint density at radius 2 is 1.74 bits per heavy atom. The van der Waals surface area contributed by atoms with Crippen molar-refractivity contribution < 1.29 is 24.6 Å². The zero-order valence-electron chi connectivity index (χ0n) is 15.2. The van der Waals surface area contributed by atoms with Gasteiger partial charge >= 0.3 is 5.97 Å². The van der Waals surface area contributed by atoms with E-state index in [1.54, 1.807) is 4.90 Å². The van der Waals surface area contributed by atoms with E-state index in [9.17, 15) is 24.6 Å². The van der Waals surface area contributed by atoms with Gasteiger partial charge in [0.15, 0.2) is 5.69 Å². The molecule has 0 radical (unpaired) electrons. The Hall–Kier alpha value is -2.68. The maximum absolute atomic E-state index is 12.9. The molecule has 2 aliphatic rings. The highest BCUT2D eigenvalue weighted by atomic mass is 16.4. The zero-order valence-corrected chi connectivity index (χ0v) is 15.2. The lowest BCUT2D eigenvalue weighted by atomic mass is 9.87. The van der Waals surface area contributed by atoms with Gasteiger partial charge in [-0.2, -0.15) is 0 Å². The average molecular weight is 376 g/mol. The summed E-state index contributed by atoms with van der Waals surface area (Å²) >= 11 is 0. The highest BCUT2D eigenvalue weighted by Gasteiger charge is 2.39. The molecule has 1 aromatic rings. The van der Waals surface area contributed by atoms with Gasteiger partial charge in [-0.15, -0.1) is 0 Å². The number of aromatic hydroxyl groups is 1. The molecule has 0 spiro atoms. The topological polar surface area (TPSA) is 114 Å². The van der Waals surface area contributed by atoms with Gasteiger partial charge in [-0.25, -0.2) is 4.98 Å². The van der Waals surface area contributed by atoms with E-state index >= 15 is 0 Å². The number of rotatable bonds is 3. The second kappa shape index (κ2) is 7.91. The summed E-state index contributed by atoms with van der Waals surface area (Å²) in [5, 5.41) is 19.4. The Labute approximate surface area is 157 Å². The second-order valence-electron chi connectivity index (χ2n) is 7.18. The number of aromatic nitrogens is 1. The van der Waals surface area contributed by atoms with E-state index in [4.69, 9.17) is 0 Å². The first-order valence-corrected chi connectivity index (χ1v) is 9.00. The van der Waals surface area contributed by atoms with Crippen molar-refractivity contribution in [2.24, 2.45) is 11.8 Å². The van der Waals surface area contributed by atoms with E-state index in [-0.39, 0.29) is 36.9 Å². The molecule has 1 aromatic heterocycles. The largest absolute Gasteiger partial charge is 0.505 e. The van der Waals surface area contributed by atoms with Gasteiger partial charge in [-0.05, 0) is 25.6 Å². The number of hydrogen-bond acceptors (Lipinski definition) is 6. The first-order chi connectivity index (χ1) is 12.9. The third kappa shape index (κ3) is 4.19. The van der Waals surface area contributed by atoms with E-state index in [1.165, 1.54) is 23.2 Å². The minimum Gasteiger partial charge on any atom is -0.505 e. The van der Waals surface area contributed by atoms with Crippen molar-refractivity contribution in [1.29, 1.82) is 0 Å². The van der Waals surface area contributed by atoms with Gasteiger partial charge in [0, 0.05) is 45.5 Å². The molecule has 0 aromatic carbocycles. The Kier molecular flexibility index (Phi) is 5.59. The molecule has 2 fully saturated rings. The molecule has 0 aliphatic carbocycles. The van der Waals surface area contributed by atoms with Gasteiger partial charge in [0.25, 0.3) is 5.91 Å². The summed E-state index contributed by atoms with van der Waals surface area (Å²) in [6, 6.07) is 2.85. The third-order valence-corrected chi connectivity index (χ3v) is 5.24. The standard InChI is InChI=1S/C18H24N4O5/c1-20-5-7-21(8-6-20)16(24)12-9-13(18(26)27)11-22(10-12)17(25)15-14(23)3-2-4-19-15/h2-4,12-13,23H,5-11H2,1H3,(H,26,27)/t12-,13-/m0/s1. The Balaban J connectivity index is 1.77. The summed E-state index contributed by atoms with van der Waals surface area (Å²) in [5.74, 6) is -3.36. The van der Waals surface area contributed by atoms with Crippen LogP contribution in [0.5, 0.6) is 5.75 Å². The molecule has 27 heavy (non-hydrogen) atoms. The summed E-state index contributed by atoms with van der Waals surface area (Å²) in [5.41, 5.74) is -0.130. The number of piperidine rings is 1. The van der Waals surface area contributed by atoms with Crippen molar-refractivity contribution in [3.8, 4) is 5.75 Å². The van der Waals surface area contributed by atoms with Gasteiger partial charge in [-0.3, -0.25) is 14.4 Å². The van der Waals surface area contributed by atoms with Crippen molar-refractivity contribution in [1.82, 2.24) is 19.7 Å². The summed E-state index contributed by atoms with van der Waals surface area (Å²) in [4.78, 5) is 46.3. The van der Waals surface area contributed by atoms with Crippen molar-refractivity contribution >= 4 is 17.8 Å². The predicted molar refractivity (Wildman–Crippen MR) is 95.1 cm³/mol. The molecule has 3 rings (SSSR count). The number of carboxylic acid groups (broad SMARTS) is 1. The number of piperazine rings is 1. The molecule has 0 bridgehead atoms. The minimum absolute atomic E-state index is 0.00328. The van der Waals surface area contributed by atoms with Gasteiger partial charge in [0.2, 0.25) is 5.91 Å². The molecule has 2 saturated heterocycles. The van der Waals surface area contributed by atoms with E-state index in [1.807, 2.05) is 7.05 Å². The number of carbonyl (C=O) groups excluding carboxylic acids is 2. The summed E-state index contributed by atoms with van der Waals surface area (Å²) < 4.78 is 0. The molecule has 9 nitrogen and oxygen atoms in total. The van der Waals surface area contributed by atoms with Crippen molar-refractivity contribution in [3.05, 3.63) is 24.0 Å². The molecule has 2 N–H and O–H groups in total. The lowest BCUT2D eigenvalue weighted by Gasteiger charge is -2.39. The van der Waals surface area contributed by atoms with Crippen LogP contribution in [0.4, 0.5) is 0 Å². The Bertz CT molecular complexity index is 732. The summed E-state index contributed by atoms with van der Waals surface area (Å²) in [7, 11) is 1.99. The van der Waals surface area contributed by atoms with E-state index < -0.39 is 23.7 Å².